The summed E-state index contributed by atoms with van der Waals surface area (Å²) in [5, 5.41) is 9.50. The van der Waals surface area contributed by atoms with E-state index in [0.29, 0.717) is 0 Å². The van der Waals surface area contributed by atoms with Gasteiger partial charge in [-0.05, 0) is 89.9 Å². The van der Waals surface area contributed by atoms with Gasteiger partial charge in [-0.15, -0.1) is 0 Å². The van der Waals surface area contributed by atoms with Crippen LogP contribution < -0.4 is 0 Å². The molecule has 3 heteroatoms. The first-order valence-corrected chi connectivity index (χ1v) is 19.8. The first kappa shape index (κ1) is 41.9. The van der Waals surface area contributed by atoms with Gasteiger partial charge in [-0.3, -0.25) is 0 Å². The molecule has 1 unspecified atom stereocenters. The highest BCUT2D eigenvalue weighted by Gasteiger charge is 2.37. The summed E-state index contributed by atoms with van der Waals surface area (Å²) in [6, 6.07) is 0. The second-order valence-electron chi connectivity index (χ2n) is 13.5. The van der Waals surface area contributed by atoms with Crippen molar-refractivity contribution in [1.82, 2.24) is 0 Å². The van der Waals surface area contributed by atoms with Crippen molar-refractivity contribution >= 4 is 0 Å². The Hall–Kier alpha value is -1.16. The van der Waals surface area contributed by atoms with Gasteiger partial charge in [0.1, 0.15) is 0 Å². The number of allylic oxidation sites excluding steroid dienone is 8. The lowest BCUT2D eigenvalue weighted by atomic mass is 9.97. The topological polar surface area (TPSA) is 38.7 Å². The molecule has 0 aliphatic carbocycles. The molecule has 1 aliphatic heterocycles. The Morgan fingerprint density at radius 3 is 1.36 bits per heavy atom. The first-order chi connectivity index (χ1) is 22.3. The molecule has 45 heavy (non-hydrogen) atoms. The molecule has 1 N–H and O–H groups in total. The standard InChI is InChI=1S/C42H76O3/c1-3-5-7-9-11-13-15-17-19-21-23-25-27-29-31-33-37-42(44-40-36-41(45-42)35-39-43)38-34-32-30-28-26-24-22-20-18-16-14-12-10-8-6-4-2/h11-14,17-20,41,43H,3-10,15-16,21-40H2,1-2H3/b13-11-,14-12-,19-17-,20-18-. The molecule has 1 saturated heterocycles. The molecule has 0 spiro atoms. The zero-order valence-electron chi connectivity index (χ0n) is 30.2. The van der Waals surface area contributed by atoms with Gasteiger partial charge >= 0.3 is 0 Å². The Morgan fingerprint density at radius 2 is 0.933 bits per heavy atom. The predicted octanol–water partition coefficient (Wildman–Crippen LogP) is 13.3. The Balaban J connectivity index is 2.14. The van der Waals surface area contributed by atoms with E-state index < -0.39 is 5.79 Å². The summed E-state index contributed by atoms with van der Waals surface area (Å²) in [4.78, 5) is 0. The minimum absolute atomic E-state index is 0.151. The van der Waals surface area contributed by atoms with E-state index in [9.17, 15) is 5.11 Å². The SMILES string of the molecule is CCCCC/C=C\C/C=C\CCCCCCCCC1(CCCCCCCC/C=C\C/C=C\CCCCC)OCCC(CCO)O1. The maximum absolute atomic E-state index is 9.50. The first-order valence-electron chi connectivity index (χ1n) is 19.8. The second-order valence-corrected chi connectivity index (χ2v) is 13.5. The van der Waals surface area contributed by atoms with Gasteiger partial charge in [0.05, 0.1) is 12.7 Å². The quantitative estimate of drug-likeness (QED) is 0.0595. The average Bonchev–Trinajstić information content (AvgIpc) is 3.05. The van der Waals surface area contributed by atoms with Crippen molar-refractivity contribution < 1.29 is 14.6 Å². The molecule has 0 radical (unpaired) electrons. The fourth-order valence-corrected chi connectivity index (χ4v) is 6.27. The largest absolute Gasteiger partial charge is 0.396 e. The van der Waals surface area contributed by atoms with E-state index >= 15 is 0 Å². The maximum Gasteiger partial charge on any atom is 0.168 e. The van der Waals surface area contributed by atoms with Gasteiger partial charge in [0.15, 0.2) is 5.79 Å². The van der Waals surface area contributed by atoms with Crippen LogP contribution in [0.3, 0.4) is 0 Å². The highest BCUT2D eigenvalue weighted by molar-refractivity contribution is 4.93. The van der Waals surface area contributed by atoms with Gasteiger partial charge < -0.3 is 14.6 Å². The van der Waals surface area contributed by atoms with Gasteiger partial charge in [0.2, 0.25) is 0 Å². The summed E-state index contributed by atoms with van der Waals surface area (Å²) in [6.07, 6.45) is 53.1. The molecule has 1 fully saturated rings. The summed E-state index contributed by atoms with van der Waals surface area (Å²) < 4.78 is 12.9. The summed E-state index contributed by atoms with van der Waals surface area (Å²) >= 11 is 0. The lowest BCUT2D eigenvalue weighted by molar-refractivity contribution is -0.301. The molecule has 0 aromatic carbocycles. The summed E-state index contributed by atoms with van der Waals surface area (Å²) in [7, 11) is 0. The Labute approximate surface area is 281 Å². The van der Waals surface area contributed by atoms with Crippen LogP contribution in [-0.4, -0.2) is 30.2 Å². The minimum Gasteiger partial charge on any atom is -0.396 e. The van der Waals surface area contributed by atoms with Crippen molar-refractivity contribution in [3.8, 4) is 0 Å². The number of aliphatic hydroxyl groups is 1. The molecule has 262 valence electrons. The lowest BCUT2D eigenvalue weighted by Crippen LogP contribution is -2.45. The van der Waals surface area contributed by atoms with E-state index in [0.717, 1.165) is 45.1 Å². The van der Waals surface area contributed by atoms with Crippen molar-refractivity contribution in [2.45, 2.75) is 206 Å². The van der Waals surface area contributed by atoms with Crippen LogP contribution >= 0.6 is 0 Å². The van der Waals surface area contributed by atoms with Crippen LogP contribution in [0.1, 0.15) is 194 Å². The monoisotopic (exact) mass is 629 g/mol. The molecule has 0 amide bonds. The van der Waals surface area contributed by atoms with Gasteiger partial charge in [0.25, 0.3) is 0 Å². The van der Waals surface area contributed by atoms with Crippen LogP contribution in [0.5, 0.6) is 0 Å². The van der Waals surface area contributed by atoms with Crippen LogP contribution in [0.15, 0.2) is 48.6 Å². The number of hydrogen-bond donors (Lipinski definition) is 1. The number of hydrogen-bond acceptors (Lipinski definition) is 3. The van der Waals surface area contributed by atoms with Gasteiger partial charge in [0, 0.05) is 19.4 Å². The van der Waals surface area contributed by atoms with Gasteiger partial charge in [-0.2, -0.15) is 0 Å². The van der Waals surface area contributed by atoms with Crippen LogP contribution in [0.2, 0.25) is 0 Å². The zero-order chi connectivity index (χ0) is 32.4. The fourth-order valence-electron chi connectivity index (χ4n) is 6.27. The zero-order valence-corrected chi connectivity index (χ0v) is 30.2. The van der Waals surface area contributed by atoms with E-state index in [4.69, 9.17) is 9.47 Å². The highest BCUT2D eigenvalue weighted by Crippen LogP contribution is 2.34. The summed E-state index contributed by atoms with van der Waals surface area (Å²) in [5.74, 6) is -0.414. The number of aliphatic hydroxyl groups excluding tert-OH is 1. The molecule has 1 rings (SSSR count). The van der Waals surface area contributed by atoms with Gasteiger partial charge in [-0.25, -0.2) is 0 Å². The molecule has 0 bridgehead atoms. The second kappa shape index (κ2) is 32.8. The van der Waals surface area contributed by atoms with E-state index in [2.05, 4.69) is 62.5 Å². The maximum atomic E-state index is 9.50. The molecule has 0 aromatic rings. The molecule has 3 nitrogen and oxygen atoms in total. The number of unbranched alkanes of at least 4 members (excludes halogenated alkanes) is 18. The van der Waals surface area contributed by atoms with Crippen LogP contribution in [-0.2, 0) is 9.47 Å². The smallest absolute Gasteiger partial charge is 0.168 e. The van der Waals surface area contributed by atoms with Crippen molar-refractivity contribution in [2.75, 3.05) is 13.2 Å². The Kier molecular flexibility index (Phi) is 30.5. The predicted molar refractivity (Wildman–Crippen MR) is 198 cm³/mol. The molecule has 1 heterocycles. The summed E-state index contributed by atoms with van der Waals surface area (Å²) in [6.45, 7) is 5.50. The molecular formula is C42H76O3. The third-order valence-electron chi connectivity index (χ3n) is 9.15. The molecule has 0 aromatic heterocycles. The van der Waals surface area contributed by atoms with Crippen molar-refractivity contribution in [2.24, 2.45) is 0 Å². The van der Waals surface area contributed by atoms with Crippen molar-refractivity contribution in [3.63, 3.8) is 0 Å². The Morgan fingerprint density at radius 1 is 0.533 bits per heavy atom. The average molecular weight is 629 g/mol. The van der Waals surface area contributed by atoms with Crippen LogP contribution in [0.4, 0.5) is 0 Å². The number of ether oxygens (including phenoxy) is 2. The van der Waals surface area contributed by atoms with E-state index in [-0.39, 0.29) is 12.7 Å². The van der Waals surface area contributed by atoms with Crippen molar-refractivity contribution in [1.29, 1.82) is 0 Å². The normalized spacial score (nSPS) is 17.2. The van der Waals surface area contributed by atoms with E-state index in [1.54, 1.807) is 0 Å². The minimum atomic E-state index is -0.414. The van der Waals surface area contributed by atoms with Crippen LogP contribution in [0, 0.1) is 0 Å². The number of rotatable bonds is 32. The van der Waals surface area contributed by atoms with Gasteiger partial charge in [-0.1, -0.05) is 140 Å². The molecule has 0 saturated carbocycles. The van der Waals surface area contributed by atoms with E-state index in [1.165, 1.54) is 141 Å². The third-order valence-corrected chi connectivity index (χ3v) is 9.15. The van der Waals surface area contributed by atoms with E-state index in [1.807, 2.05) is 0 Å². The molecule has 1 aliphatic rings. The molecule has 1 atom stereocenters. The fraction of sp³-hybridized carbons (Fsp3) is 0.810. The van der Waals surface area contributed by atoms with Crippen LogP contribution in [0.25, 0.3) is 0 Å². The highest BCUT2D eigenvalue weighted by atomic mass is 16.7. The van der Waals surface area contributed by atoms with Crippen molar-refractivity contribution in [3.05, 3.63) is 48.6 Å². The summed E-state index contributed by atoms with van der Waals surface area (Å²) in [5.41, 5.74) is 0. The Bertz CT molecular complexity index is 671. The molecular weight excluding hydrogens is 552 g/mol. The lowest BCUT2D eigenvalue weighted by Gasteiger charge is -2.41. The third kappa shape index (κ3) is 26.6.